The Morgan fingerprint density at radius 2 is 1.86 bits per heavy atom. The van der Waals surface area contributed by atoms with Crippen LogP contribution in [0.4, 0.5) is 4.79 Å². The molecule has 2 atom stereocenters. The van der Waals surface area contributed by atoms with Crippen molar-refractivity contribution < 1.29 is 14.7 Å². The molecule has 0 radical (unpaired) electrons. The molecule has 0 aromatic heterocycles. The first-order chi connectivity index (χ1) is 10.1. The maximum atomic E-state index is 12.1. The molecule has 3 N–H and O–H groups in total. The van der Waals surface area contributed by atoms with E-state index in [0.717, 1.165) is 32.1 Å². The van der Waals surface area contributed by atoms with Gasteiger partial charge < -0.3 is 15.7 Å². The van der Waals surface area contributed by atoms with E-state index in [4.69, 9.17) is 0 Å². The summed E-state index contributed by atoms with van der Waals surface area (Å²) in [6.07, 6.45) is 9.84. The van der Waals surface area contributed by atoms with Crippen LogP contribution in [0.15, 0.2) is 0 Å². The molecule has 2 saturated carbocycles. The molecule has 5 nitrogen and oxygen atoms in total. The fraction of sp³-hybridized carbons (Fsp3) is 0.867. The van der Waals surface area contributed by atoms with Gasteiger partial charge in [-0.15, -0.1) is 0 Å². The first-order valence-corrected chi connectivity index (χ1v) is 9.17. The van der Waals surface area contributed by atoms with Crippen LogP contribution in [0.2, 0.25) is 0 Å². The molecule has 0 aromatic rings. The van der Waals surface area contributed by atoms with Crippen molar-refractivity contribution >= 4 is 23.8 Å². The van der Waals surface area contributed by atoms with E-state index in [1.54, 1.807) is 11.8 Å². The number of carbonyl (C=O) groups excluding carboxylic acids is 1. The Labute approximate surface area is 130 Å². The number of hydrogen-bond acceptors (Lipinski definition) is 3. The van der Waals surface area contributed by atoms with Gasteiger partial charge in [0.1, 0.15) is 0 Å². The van der Waals surface area contributed by atoms with E-state index in [2.05, 4.69) is 16.9 Å². The van der Waals surface area contributed by atoms with E-state index in [0.29, 0.717) is 18.1 Å². The normalized spacial score (nSPS) is 28.0. The van der Waals surface area contributed by atoms with E-state index < -0.39 is 11.4 Å². The molecule has 2 amide bonds. The summed E-state index contributed by atoms with van der Waals surface area (Å²) in [4.78, 5) is 23.5. The first-order valence-electron chi connectivity index (χ1n) is 7.88. The molecule has 2 rings (SSSR count). The third-order valence-electron chi connectivity index (χ3n) is 4.92. The summed E-state index contributed by atoms with van der Waals surface area (Å²) in [5.41, 5.74) is -0.747. The topological polar surface area (TPSA) is 78.4 Å². The van der Waals surface area contributed by atoms with Gasteiger partial charge in [-0.25, -0.2) is 4.79 Å². The van der Waals surface area contributed by atoms with Crippen LogP contribution in [0.25, 0.3) is 0 Å². The Bertz CT molecular complexity index is 383. The average molecular weight is 314 g/mol. The molecule has 0 aliphatic heterocycles. The van der Waals surface area contributed by atoms with Crippen molar-refractivity contribution in [2.75, 3.05) is 12.8 Å². The highest BCUT2D eigenvalue weighted by atomic mass is 32.2. The lowest BCUT2D eigenvalue weighted by molar-refractivity contribution is -0.148. The number of urea groups is 1. The standard InChI is InChI=1S/C15H26N2O3S/c1-21-12-7-3-2-6-11(12)17-14(20)16-10-15(13(18)19)8-4-5-9-15/h11-12H,2-10H2,1H3,(H,18,19)(H2,16,17,20). The largest absolute Gasteiger partial charge is 0.481 e. The molecule has 2 aliphatic rings. The first kappa shape index (κ1) is 16.5. The summed E-state index contributed by atoms with van der Waals surface area (Å²) in [6.45, 7) is 0.241. The lowest BCUT2D eigenvalue weighted by atomic mass is 9.86. The second-order valence-corrected chi connectivity index (χ2v) is 7.36. The van der Waals surface area contributed by atoms with Crippen LogP contribution in [0, 0.1) is 5.41 Å². The number of thioether (sulfide) groups is 1. The fourth-order valence-corrected chi connectivity index (χ4v) is 4.47. The Balaban J connectivity index is 1.82. The number of aliphatic carboxylic acids is 1. The number of rotatable bonds is 5. The van der Waals surface area contributed by atoms with Gasteiger partial charge in [-0.05, 0) is 31.9 Å². The van der Waals surface area contributed by atoms with Gasteiger partial charge in [-0.1, -0.05) is 25.7 Å². The van der Waals surface area contributed by atoms with Crippen molar-refractivity contribution in [2.45, 2.75) is 62.7 Å². The third-order valence-corrected chi connectivity index (χ3v) is 6.09. The molecule has 2 aliphatic carbocycles. The van der Waals surface area contributed by atoms with Gasteiger partial charge in [0.2, 0.25) is 0 Å². The SMILES string of the molecule is CSC1CCCCC1NC(=O)NCC1(C(=O)O)CCCC1. The summed E-state index contributed by atoms with van der Waals surface area (Å²) in [5.74, 6) is -0.778. The molecule has 2 unspecified atom stereocenters. The molecule has 21 heavy (non-hydrogen) atoms. The maximum Gasteiger partial charge on any atom is 0.315 e. The second-order valence-electron chi connectivity index (χ2n) is 6.28. The number of carboxylic acids is 1. The molecule has 0 saturated heterocycles. The molecule has 0 aromatic carbocycles. The van der Waals surface area contributed by atoms with Crippen LogP contribution < -0.4 is 10.6 Å². The van der Waals surface area contributed by atoms with Gasteiger partial charge in [-0.3, -0.25) is 4.79 Å². The van der Waals surface area contributed by atoms with Crippen molar-refractivity contribution in [1.29, 1.82) is 0 Å². The molecule has 120 valence electrons. The van der Waals surface area contributed by atoms with Crippen molar-refractivity contribution in [3.05, 3.63) is 0 Å². The van der Waals surface area contributed by atoms with E-state index >= 15 is 0 Å². The quantitative estimate of drug-likeness (QED) is 0.729. The minimum Gasteiger partial charge on any atom is -0.481 e. The van der Waals surface area contributed by atoms with Gasteiger partial charge in [0, 0.05) is 17.8 Å². The van der Waals surface area contributed by atoms with Gasteiger partial charge >= 0.3 is 12.0 Å². The molecule has 6 heteroatoms. The number of carboxylic acid groups (broad SMARTS) is 1. The molecule has 0 spiro atoms. The zero-order valence-electron chi connectivity index (χ0n) is 12.7. The van der Waals surface area contributed by atoms with Gasteiger partial charge in [0.25, 0.3) is 0 Å². The van der Waals surface area contributed by atoms with Crippen LogP contribution in [-0.4, -0.2) is 41.2 Å². The fourth-order valence-electron chi connectivity index (χ4n) is 3.53. The third kappa shape index (κ3) is 4.05. The molecule has 0 bridgehead atoms. The predicted molar refractivity (Wildman–Crippen MR) is 84.6 cm³/mol. The summed E-state index contributed by atoms with van der Waals surface area (Å²) in [7, 11) is 0. The van der Waals surface area contributed by atoms with Crippen molar-refractivity contribution in [3.63, 3.8) is 0 Å². The number of amides is 2. The van der Waals surface area contributed by atoms with Crippen LogP contribution in [0.5, 0.6) is 0 Å². The lowest BCUT2D eigenvalue weighted by Crippen LogP contribution is -2.51. The Hall–Kier alpha value is -0.910. The van der Waals surface area contributed by atoms with E-state index in [1.165, 1.54) is 6.42 Å². The zero-order valence-corrected chi connectivity index (χ0v) is 13.5. The molecule has 0 heterocycles. The molecular formula is C15H26N2O3S. The average Bonchev–Trinajstić information content (AvgIpc) is 2.96. The summed E-state index contributed by atoms with van der Waals surface area (Å²) in [6, 6.07) is -0.00780. The highest BCUT2D eigenvalue weighted by Crippen LogP contribution is 2.37. The van der Waals surface area contributed by atoms with Gasteiger partial charge in [-0.2, -0.15) is 11.8 Å². The van der Waals surface area contributed by atoms with Crippen molar-refractivity contribution in [3.8, 4) is 0 Å². The highest BCUT2D eigenvalue weighted by Gasteiger charge is 2.41. The van der Waals surface area contributed by atoms with Crippen LogP contribution in [-0.2, 0) is 4.79 Å². The summed E-state index contributed by atoms with van der Waals surface area (Å²) in [5, 5.41) is 15.7. The summed E-state index contributed by atoms with van der Waals surface area (Å²) < 4.78 is 0. The lowest BCUT2D eigenvalue weighted by Gasteiger charge is -2.31. The van der Waals surface area contributed by atoms with Gasteiger partial charge in [0.15, 0.2) is 0 Å². The number of carbonyl (C=O) groups is 2. The zero-order chi connectivity index (χ0) is 15.3. The van der Waals surface area contributed by atoms with Crippen molar-refractivity contribution in [1.82, 2.24) is 10.6 Å². The Morgan fingerprint density at radius 1 is 1.19 bits per heavy atom. The molecule has 2 fully saturated rings. The number of nitrogens with one attached hydrogen (secondary N) is 2. The number of hydrogen-bond donors (Lipinski definition) is 3. The van der Waals surface area contributed by atoms with Crippen LogP contribution in [0.1, 0.15) is 51.4 Å². The Kier molecular flexibility index (Phi) is 5.79. The maximum absolute atomic E-state index is 12.1. The van der Waals surface area contributed by atoms with E-state index in [9.17, 15) is 14.7 Å². The smallest absolute Gasteiger partial charge is 0.315 e. The minimum atomic E-state index is -0.778. The van der Waals surface area contributed by atoms with Crippen LogP contribution >= 0.6 is 11.8 Å². The van der Waals surface area contributed by atoms with Gasteiger partial charge in [0.05, 0.1) is 5.41 Å². The Morgan fingerprint density at radius 3 is 2.48 bits per heavy atom. The minimum absolute atomic E-state index is 0.207. The van der Waals surface area contributed by atoms with E-state index in [-0.39, 0.29) is 18.6 Å². The van der Waals surface area contributed by atoms with Crippen molar-refractivity contribution in [2.24, 2.45) is 5.41 Å². The predicted octanol–water partition coefficient (Wildman–Crippen LogP) is 2.60. The highest BCUT2D eigenvalue weighted by molar-refractivity contribution is 7.99. The van der Waals surface area contributed by atoms with Crippen LogP contribution in [0.3, 0.4) is 0 Å². The summed E-state index contributed by atoms with van der Waals surface area (Å²) >= 11 is 1.81. The monoisotopic (exact) mass is 314 g/mol. The molecular weight excluding hydrogens is 288 g/mol. The second kappa shape index (κ2) is 7.38. The van der Waals surface area contributed by atoms with E-state index in [1.807, 2.05) is 0 Å².